The maximum absolute atomic E-state index is 10.9. The van der Waals surface area contributed by atoms with Crippen molar-refractivity contribution in [3.05, 3.63) is 0 Å². The zero-order valence-electron chi connectivity index (χ0n) is 9.24. The summed E-state index contributed by atoms with van der Waals surface area (Å²) in [5, 5.41) is 17.5. The Labute approximate surface area is 95.2 Å². The third kappa shape index (κ3) is 6.02. The molecule has 0 spiro atoms. The van der Waals surface area contributed by atoms with Crippen molar-refractivity contribution < 1.29 is 15.0 Å². The summed E-state index contributed by atoms with van der Waals surface area (Å²) >= 11 is 1.73. The molecular weight excluding hydrogens is 214 g/mol. The zero-order chi connectivity index (χ0) is 11.7. The number of thioether (sulfide) groups is 1. The third-order valence-corrected chi connectivity index (χ3v) is 3.57. The highest BCUT2D eigenvalue weighted by molar-refractivity contribution is 7.99. The van der Waals surface area contributed by atoms with Crippen molar-refractivity contribution in [1.82, 2.24) is 0 Å². The van der Waals surface area contributed by atoms with Gasteiger partial charge in [0.2, 0.25) is 0 Å². The van der Waals surface area contributed by atoms with Gasteiger partial charge in [0.1, 0.15) is 5.54 Å². The van der Waals surface area contributed by atoms with Gasteiger partial charge in [-0.3, -0.25) is 4.79 Å². The Morgan fingerprint density at radius 3 is 2.47 bits per heavy atom. The number of carboxylic acid groups (broad SMARTS) is 1. The summed E-state index contributed by atoms with van der Waals surface area (Å²) in [6.07, 6.45) is 2.59. The van der Waals surface area contributed by atoms with E-state index in [1.807, 2.05) is 0 Å². The van der Waals surface area contributed by atoms with Crippen LogP contribution in [0.5, 0.6) is 0 Å². The summed E-state index contributed by atoms with van der Waals surface area (Å²) in [4.78, 5) is 10.9. The van der Waals surface area contributed by atoms with Crippen molar-refractivity contribution in [1.29, 1.82) is 0 Å². The highest BCUT2D eigenvalue weighted by Gasteiger charge is 2.30. The first-order valence-corrected chi connectivity index (χ1v) is 6.43. The van der Waals surface area contributed by atoms with Crippen LogP contribution in [-0.2, 0) is 4.79 Å². The van der Waals surface area contributed by atoms with E-state index in [1.54, 1.807) is 18.7 Å². The van der Waals surface area contributed by atoms with E-state index in [4.69, 9.17) is 15.9 Å². The van der Waals surface area contributed by atoms with Gasteiger partial charge >= 0.3 is 5.97 Å². The molecule has 4 nitrogen and oxygen atoms in total. The van der Waals surface area contributed by atoms with Crippen LogP contribution in [0.25, 0.3) is 0 Å². The lowest BCUT2D eigenvalue weighted by Gasteiger charge is -2.22. The van der Waals surface area contributed by atoms with Gasteiger partial charge in [0.05, 0.1) is 0 Å². The van der Waals surface area contributed by atoms with E-state index < -0.39 is 11.5 Å². The molecular formula is C10H21NO3S. The smallest absolute Gasteiger partial charge is 0.323 e. The first-order chi connectivity index (χ1) is 7.06. The van der Waals surface area contributed by atoms with Gasteiger partial charge in [0.25, 0.3) is 0 Å². The first kappa shape index (κ1) is 14.7. The van der Waals surface area contributed by atoms with Crippen molar-refractivity contribution in [3.63, 3.8) is 0 Å². The molecule has 0 aromatic heterocycles. The van der Waals surface area contributed by atoms with Gasteiger partial charge in [-0.1, -0.05) is 6.92 Å². The van der Waals surface area contributed by atoms with Gasteiger partial charge in [0.15, 0.2) is 0 Å². The van der Waals surface area contributed by atoms with E-state index >= 15 is 0 Å². The van der Waals surface area contributed by atoms with Crippen LogP contribution in [0.4, 0.5) is 0 Å². The number of hydrogen-bond donors (Lipinski definition) is 3. The van der Waals surface area contributed by atoms with Gasteiger partial charge in [-0.25, -0.2) is 0 Å². The lowest BCUT2D eigenvalue weighted by atomic mass is 9.92. The number of carbonyl (C=O) groups is 1. The SMILES string of the molecule is CCC(N)(CCCSCCCO)C(=O)O. The maximum atomic E-state index is 10.9. The topological polar surface area (TPSA) is 83.5 Å². The molecule has 0 aliphatic heterocycles. The molecule has 0 saturated carbocycles. The first-order valence-electron chi connectivity index (χ1n) is 5.27. The average Bonchev–Trinajstić information content (AvgIpc) is 2.22. The molecule has 0 aromatic rings. The predicted octanol–water partition coefficient (Wildman–Crippen LogP) is 1.07. The quantitative estimate of drug-likeness (QED) is 0.521. The number of aliphatic hydroxyl groups excluding tert-OH is 1. The molecule has 0 aliphatic rings. The molecule has 0 aromatic carbocycles. The second-order valence-corrected chi connectivity index (χ2v) is 4.83. The lowest BCUT2D eigenvalue weighted by Crippen LogP contribution is -2.47. The van der Waals surface area contributed by atoms with Crippen LogP contribution in [0.1, 0.15) is 32.6 Å². The zero-order valence-corrected chi connectivity index (χ0v) is 10.1. The number of nitrogens with two attached hydrogens (primary N) is 1. The highest BCUT2D eigenvalue weighted by Crippen LogP contribution is 2.16. The van der Waals surface area contributed by atoms with E-state index in [9.17, 15) is 4.79 Å². The molecule has 1 atom stereocenters. The van der Waals surface area contributed by atoms with Crippen molar-refractivity contribution >= 4 is 17.7 Å². The Balaban J connectivity index is 3.60. The van der Waals surface area contributed by atoms with Crippen LogP contribution in [0, 0.1) is 0 Å². The largest absolute Gasteiger partial charge is 0.480 e. The van der Waals surface area contributed by atoms with E-state index in [-0.39, 0.29) is 6.61 Å². The van der Waals surface area contributed by atoms with Crippen molar-refractivity contribution in [3.8, 4) is 0 Å². The maximum Gasteiger partial charge on any atom is 0.323 e. The molecule has 0 amide bonds. The molecule has 0 aliphatic carbocycles. The second-order valence-electron chi connectivity index (χ2n) is 3.61. The molecule has 15 heavy (non-hydrogen) atoms. The van der Waals surface area contributed by atoms with Crippen molar-refractivity contribution in [2.75, 3.05) is 18.1 Å². The number of aliphatic hydroxyl groups is 1. The van der Waals surface area contributed by atoms with Crippen molar-refractivity contribution in [2.45, 2.75) is 38.1 Å². The van der Waals surface area contributed by atoms with E-state index in [2.05, 4.69) is 0 Å². The molecule has 0 bridgehead atoms. The van der Waals surface area contributed by atoms with Crippen molar-refractivity contribution in [2.24, 2.45) is 5.73 Å². The number of aliphatic carboxylic acids is 1. The summed E-state index contributed by atoms with van der Waals surface area (Å²) in [6, 6.07) is 0. The third-order valence-electron chi connectivity index (χ3n) is 2.42. The molecule has 1 unspecified atom stereocenters. The minimum absolute atomic E-state index is 0.220. The Morgan fingerprint density at radius 1 is 1.40 bits per heavy atom. The molecule has 0 rings (SSSR count). The molecule has 4 N–H and O–H groups in total. The molecule has 5 heteroatoms. The lowest BCUT2D eigenvalue weighted by molar-refractivity contribution is -0.143. The normalized spacial score (nSPS) is 14.9. The van der Waals surface area contributed by atoms with Gasteiger partial charge in [-0.2, -0.15) is 11.8 Å². The van der Waals surface area contributed by atoms with Gasteiger partial charge in [-0.05, 0) is 37.2 Å². The fraction of sp³-hybridized carbons (Fsp3) is 0.900. The van der Waals surface area contributed by atoms with E-state index in [0.717, 1.165) is 24.3 Å². The second kappa shape index (κ2) is 7.96. The van der Waals surface area contributed by atoms with Crippen LogP contribution in [-0.4, -0.2) is 39.8 Å². The van der Waals surface area contributed by atoms with E-state index in [1.165, 1.54) is 0 Å². The average molecular weight is 235 g/mol. The Kier molecular flexibility index (Phi) is 7.82. The highest BCUT2D eigenvalue weighted by atomic mass is 32.2. The monoisotopic (exact) mass is 235 g/mol. The van der Waals surface area contributed by atoms with Crippen LogP contribution in [0.2, 0.25) is 0 Å². The van der Waals surface area contributed by atoms with Crippen LogP contribution in [0.15, 0.2) is 0 Å². The summed E-state index contributed by atoms with van der Waals surface area (Å²) in [5.74, 6) is 0.921. The van der Waals surface area contributed by atoms with E-state index in [0.29, 0.717) is 12.8 Å². The molecule has 90 valence electrons. The van der Waals surface area contributed by atoms with Gasteiger partial charge < -0.3 is 15.9 Å². The predicted molar refractivity (Wildman–Crippen MR) is 63.1 cm³/mol. The Bertz CT molecular complexity index is 190. The summed E-state index contributed by atoms with van der Waals surface area (Å²) in [6.45, 7) is 2.02. The van der Waals surface area contributed by atoms with Gasteiger partial charge in [-0.15, -0.1) is 0 Å². The fourth-order valence-electron chi connectivity index (χ4n) is 1.19. The standard InChI is InChI=1S/C10H21NO3S/c1-2-10(11,9(13)14)5-3-7-15-8-4-6-12/h12H,2-8,11H2,1H3,(H,13,14). The summed E-state index contributed by atoms with van der Waals surface area (Å²) < 4.78 is 0. The molecule has 0 fully saturated rings. The summed E-state index contributed by atoms with van der Waals surface area (Å²) in [5.41, 5.74) is 4.67. The molecule has 0 saturated heterocycles. The van der Waals surface area contributed by atoms with Crippen LogP contribution >= 0.6 is 11.8 Å². The molecule has 0 heterocycles. The number of carboxylic acids is 1. The van der Waals surface area contributed by atoms with Crippen LogP contribution < -0.4 is 5.73 Å². The van der Waals surface area contributed by atoms with Gasteiger partial charge in [0, 0.05) is 6.61 Å². The minimum Gasteiger partial charge on any atom is -0.480 e. The summed E-state index contributed by atoms with van der Waals surface area (Å²) in [7, 11) is 0. The number of hydrogen-bond acceptors (Lipinski definition) is 4. The fourth-order valence-corrected chi connectivity index (χ4v) is 2.08. The Hall–Kier alpha value is -0.260. The molecule has 0 radical (unpaired) electrons. The number of rotatable bonds is 9. The van der Waals surface area contributed by atoms with Crippen LogP contribution in [0.3, 0.4) is 0 Å². The minimum atomic E-state index is -1.06. The Morgan fingerprint density at radius 2 is 2.00 bits per heavy atom.